The molecule has 1 unspecified atom stereocenters. The second-order valence-electron chi connectivity index (χ2n) is 6.79. The SMILES string of the molecule is NC(=O)N1CCCC(C(=O)NCCN2CCN(c3ncccn3)CC2)C1. The predicted octanol–water partition coefficient (Wildman–Crippen LogP) is -0.494. The molecule has 0 saturated carbocycles. The standard InChI is InChI=1S/C17H27N7O2/c18-16(26)24-7-1-3-14(13-24)15(25)19-6-8-22-9-11-23(12-10-22)17-20-4-2-5-21-17/h2,4-5,14H,1,3,6-13H2,(H2,18,26)(H,19,25). The highest BCUT2D eigenvalue weighted by Gasteiger charge is 2.27. The first-order valence-corrected chi connectivity index (χ1v) is 9.20. The van der Waals surface area contributed by atoms with Gasteiger partial charge in [0, 0.05) is 64.8 Å². The summed E-state index contributed by atoms with van der Waals surface area (Å²) in [5, 5.41) is 3.00. The van der Waals surface area contributed by atoms with E-state index < -0.39 is 6.03 Å². The van der Waals surface area contributed by atoms with Gasteiger partial charge in [-0.1, -0.05) is 0 Å². The molecule has 3 N–H and O–H groups in total. The van der Waals surface area contributed by atoms with Gasteiger partial charge in [-0.05, 0) is 18.9 Å². The van der Waals surface area contributed by atoms with E-state index in [1.807, 2.05) is 6.07 Å². The Labute approximate surface area is 153 Å². The zero-order valence-corrected chi connectivity index (χ0v) is 15.0. The first kappa shape index (κ1) is 18.4. The van der Waals surface area contributed by atoms with Crippen molar-refractivity contribution in [2.24, 2.45) is 11.7 Å². The van der Waals surface area contributed by atoms with Crippen LogP contribution in [-0.2, 0) is 4.79 Å². The van der Waals surface area contributed by atoms with Crippen LogP contribution in [0.25, 0.3) is 0 Å². The second kappa shape index (κ2) is 8.79. The van der Waals surface area contributed by atoms with Crippen molar-refractivity contribution in [2.45, 2.75) is 12.8 Å². The Morgan fingerprint density at radius 2 is 1.88 bits per heavy atom. The molecule has 0 aliphatic carbocycles. The molecule has 9 heteroatoms. The number of nitrogens with two attached hydrogens (primary N) is 1. The van der Waals surface area contributed by atoms with Gasteiger partial charge in [-0.2, -0.15) is 0 Å². The lowest BCUT2D eigenvalue weighted by molar-refractivity contribution is -0.126. The Morgan fingerprint density at radius 1 is 1.15 bits per heavy atom. The van der Waals surface area contributed by atoms with Crippen molar-refractivity contribution in [3.8, 4) is 0 Å². The largest absolute Gasteiger partial charge is 0.355 e. The molecule has 1 atom stereocenters. The van der Waals surface area contributed by atoms with E-state index in [4.69, 9.17) is 5.73 Å². The quantitative estimate of drug-likeness (QED) is 0.732. The fourth-order valence-corrected chi connectivity index (χ4v) is 3.50. The zero-order chi connectivity index (χ0) is 18.4. The van der Waals surface area contributed by atoms with Gasteiger partial charge in [0.05, 0.1) is 5.92 Å². The molecule has 9 nitrogen and oxygen atoms in total. The molecule has 3 heterocycles. The number of carbonyl (C=O) groups is 2. The van der Waals surface area contributed by atoms with Crippen molar-refractivity contribution in [3.05, 3.63) is 18.5 Å². The van der Waals surface area contributed by atoms with E-state index >= 15 is 0 Å². The Kier molecular flexibility index (Phi) is 6.21. The highest BCUT2D eigenvalue weighted by atomic mass is 16.2. The number of hydrogen-bond donors (Lipinski definition) is 2. The smallest absolute Gasteiger partial charge is 0.314 e. The average molecular weight is 361 g/mol. The highest BCUT2D eigenvalue weighted by Crippen LogP contribution is 2.16. The van der Waals surface area contributed by atoms with Gasteiger partial charge in [0.2, 0.25) is 11.9 Å². The summed E-state index contributed by atoms with van der Waals surface area (Å²) in [4.78, 5) is 38.2. The van der Waals surface area contributed by atoms with Crippen molar-refractivity contribution in [2.75, 3.05) is 57.3 Å². The Balaban J connectivity index is 1.35. The van der Waals surface area contributed by atoms with E-state index in [1.54, 1.807) is 17.3 Å². The van der Waals surface area contributed by atoms with Crippen LogP contribution in [0.3, 0.4) is 0 Å². The van der Waals surface area contributed by atoms with Gasteiger partial charge in [0.25, 0.3) is 0 Å². The zero-order valence-electron chi connectivity index (χ0n) is 15.0. The summed E-state index contributed by atoms with van der Waals surface area (Å²) in [5.41, 5.74) is 5.32. The molecule has 0 spiro atoms. The van der Waals surface area contributed by atoms with E-state index in [0.717, 1.165) is 51.5 Å². The van der Waals surface area contributed by atoms with Gasteiger partial charge in [0.1, 0.15) is 0 Å². The van der Waals surface area contributed by atoms with Crippen molar-refractivity contribution in [3.63, 3.8) is 0 Å². The fraction of sp³-hybridized carbons (Fsp3) is 0.647. The van der Waals surface area contributed by atoms with Gasteiger partial charge in [0.15, 0.2) is 0 Å². The summed E-state index contributed by atoms with van der Waals surface area (Å²) in [7, 11) is 0. The molecule has 26 heavy (non-hydrogen) atoms. The third kappa shape index (κ3) is 4.81. The maximum atomic E-state index is 12.3. The lowest BCUT2D eigenvalue weighted by Gasteiger charge is -2.35. The molecule has 0 aromatic carbocycles. The molecule has 2 aliphatic heterocycles. The maximum absolute atomic E-state index is 12.3. The first-order chi connectivity index (χ1) is 12.6. The van der Waals surface area contributed by atoms with E-state index in [-0.39, 0.29) is 11.8 Å². The number of rotatable bonds is 5. The Morgan fingerprint density at radius 3 is 2.58 bits per heavy atom. The van der Waals surface area contributed by atoms with Crippen LogP contribution in [0.2, 0.25) is 0 Å². The van der Waals surface area contributed by atoms with Crippen molar-refractivity contribution in [1.82, 2.24) is 25.1 Å². The average Bonchev–Trinajstić information content (AvgIpc) is 2.69. The summed E-state index contributed by atoms with van der Waals surface area (Å²) >= 11 is 0. The molecule has 3 rings (SSSR count). The summed E-state index contributed by atoms with van der Waals surface area (Å²) in [6.07, 6.45) is 5.15. The van der Waals surface area contributed by atoms with Crippen LogP contribution >= 0.6 is 0 Å². The minimum absolute atomic E-state index is 0.0206. The van der Waals surface area contributed by atoms with Crippen LogP contribution in [0.1, 0.15) is 12.8 Å². The third-order valence-corrected chi connectivity index (χ3v) is 5.04. The number of carbonyl (C=O) groups excluding carboxylic acids is 2. The number of amides is 3. The fourth-order valence-electron chi connectivity index (χ4n) is 3.50. The summed E-state index contributed by atoms with van der Waals surface area (Å²) in [6.45, 7) is 6.13. The maximum Gasteiger partial charge on any atom is 0.314 e. The summed E-state index contributed by atoms with van der Waals surface area (Å²) in [6, 6.07) is 1.37. The third-order valence-electron chi connectivity index (χ3n) is 5.04. The van der Waals surface area contributed by atoms with Crippen LogP contribution in [0.15, 0.2) is 18.5 Å². The van der Waals surface area contributed by atoms with Gasteiger partial charge >= 0.3 is 6.03 Å². The molecule has 2 aliphatic rings. The molecular formula is C17H27N7O2. The van der Waals surface area contributed by atoms with E-state index in [2.05, 4.69) is 25.1 Å². The number of urea groups is 1. The van der Waals surface area contributed by atoms with E-state index in [0.29, 0.717) is 19.6 Å². The number of nitrogens with one attached hydrogen (secondary N) is 1. The second-order valence-corrected chi connectivity index (χ2v) is 6.79. The minimum Gasteiger partial charge on any atom is -0.355 e. The van der Waals surface area contributed by atoms with E-state index in [9.17, 15) is 9.59 Å². The van der Waals surface area contributed by atoms with Crippen LogP contribution in [0.5, 0.6) is 0 Å². The number of aromatic nitrogens is 2. The van der Waals surface area contributed by atoms with Crippen molar-refractivity contribution in [1.29, 1.82) is 0 Å². The van der Waals surface area contributed by atoms with Crippen LogP contribution in [-0.4, -0.2) is 84.1 Å². The number of piperidine rings is 1. The number of hydrogen-bond acceptors (Lipinski definition) is 6. The predicted molar refractivity (Wildman–Crippen MR) is 97.6 cm³/mol. The minimum atomic E-state index is -0.442. The van der Waals surface area contributed by atoms with Gasteiger partial charge in [-0.15, -0.1) is 0 Å². The molecule has 142 valence electrons. The number of anilines is 1. The van der Waals surface area contributed by atoms with Gasteiger partial charge in [-0.25, -0.2) is 14.8 Å². The van der Waals surface area contributed by atoms with Crippen LogP contribution in [0.4, 0.5) is 10.7 Å². The van der Waals surface area contributed by atoms with E-state index in [1.165, 1.54) is 0 Å². The van der Waals surface area contributed by atoms with Gasteiger partial charge in [-0.3, -0.25) is 9.69 Å². The first-order valence-electron chi connectivity index (χ1n) is 9.20. The number of primary amides is 1. The molecule has 1 aromatic rings. The monoisotopic (exact) mass is 361 g/mol. The normalized spacial score (nSPS) is 21.5. The molecule has 2 fully saturated rings. The highest BCUT2D eigenvalue weighted by molar-refractivity contribution is 5.80. The van der Waals surface area contributed by atoms with Gasteiger partial charge < -0.3 is 20.9 Å². The topological polar surface area (TPSA) is 108 Å². The molecule has 1 aromatic heterocycles. The van der Waals surface area contributed by atoms with Crippen molar-refractivity contribution < 1.29 is 9.59 Å². The summed E-state index contributed by atoms with van der Waals surface area (Å²) in [5.74, 6) is 0.646. The molecule has 0 radical (unpaired) electrons. The lowest BCUT2D eigenvalue weighted by atomic mass is 9.97. The molecule has 3 amide bonds. The van der Waals surface area contributed by atoms with Crippen molar-refractivity contribution >= 4 is 17.9 Å². The number of piperazine rings is 1. The lowest BCUT2D eigenvalue weighted by Crippen LogP contribution is -2.50. The number of likely N-dealkylation sites (tertiary alicyclic amines) is 1. The number of nitrogens with zero attached hydrogens (tertiary/aromatic N) is 5. The Hall–Kier alpha value is -2.42. The van der Waals surface area contributed by atoms with Crippen LogP contribution < -0.4 is 16.0 Å². The van der Waals surface area contributed by atoms with Crippen LogP contribution in [0, 0.1) is 5.92 Å². The molecule has 0 bridgehead atoms. The summed E-state index contributed by atoms with van der Waals surface area (Å²) < 4.78 is 0. The molecule has 2 saturated heterocycles. The Bertz CT molecular complexity index is 604. The molecular weight excluding hydrogens is 334 g/mol.